The maximum absolute atomic E-state index is 12.5. The summed E-state index contributed by atoms with van der Waals surface area (Å²) in [7, 11) is 0. The molecule has 0 aromatic heterocycles. The van der Waals surface area contributed by atoms with Crippen LogP contribution < -0.4 is 10.1 Å². The van der Waals surface area contributed by atoms with E-state index in [4.69, 9.17) is 4.74 Å². The number of hydrogen-bond donors (Lipinski definition) is 1. The Hall–Kier alpha value is -2.04. The van der Waals surface area contributed by atoms with Gasteiger partial charge in [-0.05, 0) is 43.7 Å². The number of amides is 2. The number of nitrogens with zero attached hydrogens (tertiary/aromatic N) is 1. The van der Waals surface area contributed by atoms with Crippen molar-refractivity contribution in [3.05, 3.63) is 30.3 Å². The zero-order valence-electron chi connectivity index (χ0n) is 16.2. The van der Waals surface area contributed by atoms with Gasteiger partial charge < -0.3 is 15.0 Å². The molecule has 5 heteroatoms. The maximum Gasteiger partial charge on any atom is 0.226 e. The summed E-state index contributed by atoms with van der Waals surface area (Å²) < 4.78 is 5.62. The van der Waals surface area contributed by atoms with E-state index in [0.29, 0.717) is 25.5 Å². The third-order valence-corrected chi connectivity index (χ3v) is 5.76. The fourth-order valence-corrected chi connectivity index (χ4v) is 4.13. The Morgan fingerprint density at radius 3 is 2.59 bits per heavy atom. The lowest BCUT2D eigenvalue weighted by Crippen LogP contribution is -2.46. The van der Waals surface area contributed by atoms with Crippen LogP contribution in [0.2, 0.25) is 0 Å². The van der Waals surface area contributed by atoms with Gasteiger partial charge in [0.1, 0.15) is 5.75 Å². The molecular formula is C22H32N2O3. The molecule has 1 aromatic rings. The van der Waals surface area contributed by atoms with E-state index in [1.807, 2.05) is 35.2 Å². The van der Waals surface area contributed by atoms with Crippen molar-refractivity contribution >= 4 is 11.8 Å². The number of para-hydroxylation sites is 1. The number of benzene rings is 1. The van der Waals surface area contributed by atoms with E-state index < -0.39 is 0 Å². The van der Waals surface area contributed by atoms with Gasteiger partial charge in [0.2, 0.25) is 11.8 Å². The van der Waals surface area contributed by atoms with Crippen molar-refractivity contribution in [2.45, 2.75) is 51.4 Å². The summed E-state index contributed by atoms with van der Waals surface area (Å²) in [6.45, 7) is 2.46. The summed E-state index contributed by atoms with van der Waals surface area (Å²) in [6, 6.07) is 9.54. The SMILES string of the molecule is O=C(NCC1CCCCC1)C1CCCN(C(=O)CCOc2ccccc2)C1. The number of ether oxygens (including phenoxy) is 1. The predicted molar refractivity (Wildman–Crippen MR) is 105 cm³/mol. The highest BCUT2D eigenvalue weighted by atomic mass is 16.5. The quantitative estimate of drug-likeness (QED) is 0.798. The Bertz CT molecular complexity index is 599. The molecule has 148 valence electrons. The van der Waals surface area contributed by atoms with E-state index in [2.05, 4.69) is 5.32 Å². The van der Waals surface area contributed by atoms with Crippen molar-refractivity contribution in [3.63, 3.8) is 0 Å². The first-order valence-electron chi connectivity index (χ1n) is 10.5. The molecule has 1 saturated carbocycles. The topological polar surface area (TPSA) is 58.6 Å². The third-order valence-electron chi connectivity index (χ3n) is 5.76. The minimum Gasteiger partial charge on any atom is -0.493 e. The zero-order chi connectivity index (χ0) is 18.9. The molecule has 1 unspecified atom stereocenters. The van der Waals surface area contributed by atoms with Crippen molar-refractivity contribution in [2.75, 3.05) is 26.2 Å². The van der Waals surface area contributed by atoms with Gasteiger partial charge in [0.05, 0.1) is 18.9 Å². The van der Waals surface area contributed by atoms with E-state index in [9.17, 15) is 9.59 Å². The lowest BCUT2D eigenvalue weighted by Gasteiger charge is -2.32. The minimum atomic E-state index is -0.0682. The standard InChI is InChI=1S/C22H32N2O3/c25-21(13-15-27-20-11-5-2-6-12-20)24-14-7-10-19(17-24)22(26)23-16-18-8-3-1-4-9-18/h2,5-6,11-12,18-19H,1,3-4,7-10,13-17H2,(H,23,26). The smallest absolute Gasteiger partial charge is 0.226 e. The molecule has 1 N–H and O–H groups in total. The summed E-state index contributed by atoms with van der Waals surface area (Å²) >= 11 is 0. The summed E-state index contributed by atoms with van der Waals surface area (Å²) in [5.74, 6) is 1.55. The highest BCUT2D eigenvalue weighted by Crippen LogP contribution is 2.23. The Labute approximate surface area is 162 Å². The molecule has 0 bridgehead atoms. The molecule has 0 radical (unpaired) electrons. The van der Waals surface area contributed by atoms with Gasteiger partial charge in [0.15, 0.2) is 0 Å². The molecule has 1 saturated heterocycles. The van der Waals surface area contributed by atoms with Gasteiger partial charge in [0, 0.05) is 19.6 Å². The van der Waals surface area contributed by atoms with Crippen LogP contribution in [-0.4, -0.2) is 43.0 Å². The number of carbonyl (C=O) groups is 2. The van der Waals surface area contributed by atoms with Crippen LogP contribution in [0.5, 0.6) is 5.75 Å². The van der Waals surface area contributed by atoms with Gasteiger partial charge in [-0.1, -0.05) is 37.5 Å². The number of piperidine rings is 1. The van der Waals surface area contributed by atoms with E-state index >= 15 is 0 Å². The fraction of sp³-hybridized carbons (Fsp3) is 0.636. The summed E-state index contributed by atoms with van der Waals surface area (Å²) in [6.07, 6.45) is 8.50. The number of carbonyl (C=O) groups excluding carboxylic acids is 2. The lowest BCUT2D eigenvalue weighted by molar-refractivity contribution is -0.136. The molecule has 2 aliphatic rings. The maximum atomic E-state index is 12.5. The first-order chi connectivity index (χ1) is 13.2. The number of likely N-dealkylation sites (tertiary alicyclic amines) is 1. The average molecular weight is 373 g/mol. The van der Waals surface area contributed by atoms with Crippen LogP contribution in [0.15, 0.2) is 30.3 Å². The van der Waals surface area contributed by atoms with E-state index in [0.717, 1.165) is 31.7 Å². The first kappa shape index (κ1) is 19.7. The van der Waals surface area contributed by atoms with Crippen molar-refractivity contribution in [3.8, 4) is 5.75 Å². The van der Waals surface area contributed by atoms with E-state index in [1.165, 1.54) is 32.1 Å². The summed E-state index contributed by atoms with van der Waals surface area (Å²) in [5, 5.41) is 3.14. The number of nitrogens with one attached hydrogen (secondary N) is 1. The number of hydrogen-bond acceptors (Lipinski definition) is 3. The van der Waals surface area contributed by atoms with Crippen LogP contribution in [0, 0.1) is 11.8 Å². The largest absolute Gasteiger partial charge is 0.493 e. The molecule has 2 amide bonds. The molecule has 1 atom stereocenters. The van der Waals surface area contributed by atoms with Crippen molar-refractivity contribution in [1.82, 2.24) is 10.2 Å². The van der Waals surface area contributed by atoms with E-state index in [-0.39, 0.29) is 17.7 Å². The Morgan fingerprint density at radius 1 is 1.04 bits per heavy atom. The average Bonchev–Trinajstić information content (AvgIpc) is 2.73. The summed E-state index contributed by atoms with van der Waals surface area (Å²) in [5.41, 5.74) is 0. The van der Waals surface area contributed by atoms with Crippen LogP contribution in [0.25, 0.3) is 0 Å². The van der Waals surface area contributed by atoms with Crippen LogP contribution in [-0.2, 0) is 9.59 Å². The molecule has 5 nitrogen and oxygen atoms in total. The molecular weight excluding hydrogens is 340 g/mol. The minimum absolute atomic E-state index is 0.0682. The van der Waals surface area contributed by atoms with Crippen molar-refractivity contribution in [2.24, 2.45) is 11.8 Å². The van der Waals surface area contributed by atoms with Gasteiger partial charge in [-0.25, -0.2) is 0 Å². The van der Waals surface area contributed by atoms with Gasteiger partial charge in [-0.3, -0.25) is 9.59 Å². The van der Waals surface area contributed by atoms with Gasteiger partial charge in [-0.2, -0.15) is 0 Å². The first-order valence-corrected chi connectivity index (χ1v) is 10.5. The molecule has 27 heavy (non-hydrogen) atoms. The van der Waals surface area contributed by atoms with Crippen LogP contribution in [0.1, 0.15) is 51.4 Å². The molecule has 1 aliphatic heterocycles. The van der Waals surface area contributed by atoms with Crippen LogP contribution >= 0.6 is 0 Å². The van der Waals surface area contributed by atoms with Gasteiger partial charge >= 0.3 is 0 Å². The zero-order valence-corrected chi connectivity index (χ0v) is 16.2. The monoisotopic (exact) mass is 372 g/mol. The molecule has 1 heterocycles. The number of rotatable bonds is 7. The van der Waals surface area contributed by atoms with Gasteiger partial charge in [-0.15, -0.1) is 0 Å². The fourth-order valence-electron chi connectivity index (χ4n) is 4.13. The molecule has 2 fully saturated rings. The molecule has 1 aliphatic carbocycles. The van der Waals surface area contributed by atoms with Gasteiger partial charge in [0.25, 0.3) is 0 Å². The Kier molecular flexibility index (Phi) is 7.55. The highest BCUT2D eigenvalue weighted by molar-refractivity contribution is 5.81. The highest BCUT2D eigenvalue weighted by Gasteiger charge is 2.28. The molecule has 0 spiro atoms. The molecule has 1 aromatic carbocycles. The lowest BCUT2D eigenvalue weighted by atomic mass is 9.89. The third kappa shape index (κ3) is 6.26. The second-order valence-electron chi connectivity index (χ2n) is 7.84. The van der Waals surface area contributed by atoms with E-state index in [1.54, 1.807) is 0 Å². The normalized spacial score (nSPS) is 20.9. The second-order valence-corrected chi connectivity index (χ2v) is 7.84. The van der Waals surface area contributed by atoms with Crippen LogP contribution in [0.3, 0.4) is 0 Å². The van der Waals surface area contributed by atoms with Crippen molar-refractivity contribution in [1.29, 1.82) is 0 Å². The molecule has 3 rings (SSSR count). The predicted octanol–water partition coefficient (Wildman–Crippen LogP) is 3.39. The Balaban J connectivity index is 1.38. The second kappa shape index (κ2) is 10.3. The van der Waals surface area contributed by atoms with Crippen molar-refractivity contribution < 1.29 is 14.3 Å². The Morgan fingerprint density at radius 2 is 1.81 bits per heavy atom. The summed E-state index contributed by atoms with van der Waals surface area (Å²) in [4.78, 5) is 26.8. The van der Waals surface area contributed by atoms with Crippen LogP contribution in [0.4, 0.5) is 0 Å².